The van der Waals surface area contributed by atoms with E-state index in [2.05, 4.69) is 0 Å². The summed E-state index contributed by atoms with van der Waals surface area (Å²) < 4.78 is 16.4. The van der Waals surface area contributed by atoms with Crippen molar-refractivity contribution in [1.29, 1.82) is 0 Å². The first-order valence-corrected chi connectivity index (χ1v) is 7.69. The van der Waals surface area contributed by atoms with Crippen LogP contribution in [0.2, 0.25) is 0 Å². The van der Waals surface area contributed by atoms with Gasteiger partial charge in [-0.2, -0.15) is 0 Å². The van der Waals surface area contributed by atoms with Crippen LogP contribution < -0.4 is 9.47 Å². The fourth-order valence-corrected chi connectivity index (χ4v) is 1.98. The fourth-order valence-electron chi connectivity index (χ4n) is 1.98. The predicted molar refractivity (Wildman–Crippen MR) is 88.9 cm³/mol. The van der Waals surface area contributed by atoms with Crippen molar-refractivity contribution in [2.45, 2.75) is 33.0 Å². The molecule has 1 unspecified atom stereocenters. The summed E-state index contributed by atoms with van der Waals surface area (Å²) in [6, 6.07) is 14.9. The van der Waals surface area contributed by atoms with Crippen LogP contribution in [0.3, 0.4) is 0 Å². The summed E-state index contributed by atoms with van der Waals surface area (Å²) in [5, 5.41) is 0. The number of benzene rings is 2. The zero-order valence-electron chi connectivity index (χ0n) is 13.7. The third-order valence-electron chi connectivity index (χ3n) is 3.52. The number of carbonyl (C=O) groups excluding carboxylic acids is 1. The Morgan fingerprint density at radius 2 is 1.83 bits per heavy atom. The van der Waals surface area contributed by atoms with E-state index in [1.807, 2.05) is 44.2 Å². The second kappa shape index (κ2) is 8.22. The molecular formula is C19H22O4. The molecule has 0 aromatic heterocycles. The Balaban J connectivity index is 2.08. The lowest BCUT2D eigenvalue weighted by molar-refractivity contribution is 0.0334. The number of carbonyl (C=O) groups is 1. The Kier molecular flexibility index (Phi) is 6.03. The van der Waals surface area contributed by atoms with Gasteiger partial charge < -0.3 is 14.2 Å². The summed E-state index contributed by atoms with van der Waals surface area (Å²) in [6.07, 6.45) is 0.670. The highest BCUT2D eigenvalue weighted by molar-refractivity contribution is 5.90. The molecule has 2 aromatic rings. The van der Waals surface area contributed by atoms with Crippen LogP contribution in [0.5, 0.6) is 11.5 Å². The van der Waals surface area contributed by atoms with Crippen molar-refractivity contribution in [3.63, 3.8) is 0 Å². The summed E-state index contributed by atoms with van der Waals surface area (Å²) in [5.74, 6) is 0.753. The Morgan fingerprint density at radius 3 is 2.48 bits per heavy atom. The molecule has 2 rings (SSSR count). The van der Waals surface area contributed by atoms with E-state index in [0.717, 1.165) is 12.0 Å². The molecule has 0 amide bonds. The van der Waals surface area contributed by atoms with Crippen molar-refractivity contribution in [3.8, 4) is 11.5 Å². The Morgan fingerprint density at radius 1 is 1.09 bits per heavy atom. The molecule has 1 atom stereocenters. The Bertz CT molecular complexity index is 637. The van der Waals surface area contributed by atoms with Crippen molar-refractivity contribution in [1.82, 2.24) is 0 Å². The van der Waals surface area contributed by atoms with Crippen LogP contribution in [0.1, 0.15) is 36.2 Å². The maximum Gasteiger partial charge on any atom is 0.338 e. The average Bonchev–Trinajstić information content (AvgIpc) is 2.60. The van der Waals surface area contributed by atoms with Crippen molar-refractivity contribution in [2.24, 2.45) is 0 Å². The minimum absolute atomic E-state index is 0.109. The normalized spacial score (nSPS) is 11.6. The number of ether oxygens (including phenoxy) is 3. The number of hydrogen-bond acceptors (Lipinski definition) is 4. The average molecular weight is 314 g/mol. The van der Waals surface area contributed by atoms with Gasteiger partial charge in [0.05, 0.1) is 18.8 Å². The lowest BCUT2D eigenvalue weighted by Crippen LogP contribution is -2.14. The SMILES string of the molecule is CCC(C)OC(=O)c1ccc(OCc2ccccc2)c(OC)c1. The van der Waals surface area contributed by atoms with Crippen LogP contribution in [-0.4, -0.2) is 19.2 Å². The lowest BCUT2D eigenvalue weighted by atomic mass is 10.2. The van der Waals surface area contributed by atoms with Gasteiger partial charge in [-0.25, -0.2) is 4.79 Å². The van der Waals surface area contributed by atoms with Crippen LogP contribution in [0.25, 0.3) is 0 Å². The van der Waals surface area contributed by atoms with Crippen LogP contribution >= 0.6 is 0 Å². The molecule has 0 aliphatic carbocycles. The maximum atomic E-state index is 12.1. The van der Waals surface area contributed by atoms with Crippen LogP contribution in [0.4, 0.5) is 0 Å². The Hall–Kier alpha value is -2.49. The van der Waals surface area contributed by atoms with Crippen LogP contribution in [0.15, 0.2) is 48.5 Å². The smallest absolute Gasteiger partial charge is 0.338 e. The third kappa shape index (κ3) is 4.74. The summed E-state index contributed by atoms with van der Waals surface area (Å²) in [5.41, 5.74) is 1.52. The molecule has 2 aromatic carbocycles. The van der Waals surface area contributed by atoms with E-state index >= 15 is 0 Å². The maximum absolute atomic E-state index is 12.1. The topological polar surface area (TPSA) is 44.8 Å². The van der Waals surface area contributed by atoms with E-state index in [0.29, 0.717) is 23.7 Å². The summed E-state index contributed by atoms with van der Waals surface area (Å²) in [4.78, 5) is 12.1. The van der Waals surface area contributed by atoms with Gasteiger partial charge in [0.2, 0.25) is 0 Å². The first kappa shape index (κ1) is 16.9. The molecule has 0 heterocycles. The van der Waals surface area contributed by atoms with Gasteiger partial charge >= 0.3 is 5.97 Å². The molecule has 0 saturated carbocycles. The summed E-state index contributed by atoms with van der Waals surface area (Å²) in [6.45, 7) is 4.28. The second-order valence-corrected chi connectivity index (χ2v) is 5.26. The van der Waals surface area contributed by atoms with Crippen LogP contribution in [-0.2, 0) is 11.3 Å². The van der Waals surface area contributed by atoms with Gasteiger partial charge in [-0.15, -0.1) is 0 Å². The highest BCUT2D eigenvalue weighted by Gasteiger charge is 2.14. The summed E-state index contributed by atoms with van der Waals surface area (Å²) in [7, 11) is 1.55. The van der Waals surface area contributed by atoms with E-state index < -0.39 is 0 Å². The van der Waals surface area contributed by atoms with E-state index in [1.54, 1.807) is 25.3 Å². The summed E-state index contributed by atoms with van der Waals surface area (Å²) >= 11 is 0. The lowest BCUT2D eigenvalue weighted by Gasteiger charge is -2.14. The highest BCUT2D eigenvalue weighted by atomic mass is 16.5. The molecule has 4 heteroatoms. The molecule has 0 radical (unpaired) electrons. The van der Waals surface area contributed by atoms with Crippen molar-refractivity contribution in [3.05, 3.63) is 59.7 Å². The van der Waals surface area contributed by atoms with Gasteiger partial charge in [-0.05, 0) is 37.1 Å². The van der Waals surface area contributed by atoms with E-state index in [-0.39, 0.29) is 12.1 Å². The van der Waals surface area contributed by atoms with E-state index in [1.165, 1.54) is 0 Å². The quantitative estimate of drug-likeness (QED) is 0.717. The second-order valence-electron chi connectivity index (χ2n) is 5.26. The first-order valence-electron chi connectivity index (χ1n) is 7.69. The number of rotatable bonds is 7. The molecule has 4 nitrogen and oxygen atoms in total. The van der Waals surface area contributed by atoms with Crippen LogP contribution in [0, 0.1) is 0 Å². The van der Waals surface area contributed by atoms with Gasteiger partial charge in [0.15, 0.2) is 11.5 Å². The van der Waals surface area contributed by atoms with Crippen molar-refractivity contribution in [2.75, 3.05) is 7.11 Å². The monoisotopic (exact) mass is 314 g/mol. The third-order valence-corrected chi connectivity index (χ3v) is 3.52. The largest absolute Gasteiger partial charge is 0.493 e. The molecule has 0 spiro atoms. The minimum Gasteiger partial charge on any atom is -0.493 e. The van der Waals surface area contributed by atoms with Gasteiger partial charge in [0.1, 0.15) is 6.61 Å². The molecule has 0 fully saturated rings. The van der Waals surface area contributed by atoms with Gasteiger partial charge in [-0.3, -0.25) is 0 Å². The Labute approximate surface area is 137 Å². The molecule has 122 valence electrons. The molecule has 0 bridgehead atoms. The van der Waals surface area contributed by atoms with E-state index in [9.17, 15) is 4.79 Å². The van der Waals surface area contributed by atoms with Gasteiger partial charge in [0.25, 0.3) is 0 Å². The molecular weight excluding hydrogens is 292 g/mol. The molecule has 0 aliphatic heterocycles. The zero-order chi connectivity index (χ0) is 16.7. The van der Waals surface area contributed by atoms with Gasteiger partial charge in [-0.1, -0.05) is 37.3 Å². The first-order chi connectivity index (χ1) is 11.1. The molecule has 0 N–H and O–H groups in total. The molecule has 0 aliphatic rings. The number of methoxy groups -OCH3 is 1. The number of esters is 1. The van der Waals surface area contributed by atoms with Gasteiger partial charge in [0, 0.05) is 0 Å². The van der Waals surface area contributed by atoms with Crippen molar-refractivity contribution >= 4 is 5.97 Å². The minimum atomic E-state index is -0.354. The standard InChI is InChI=1S/C19H22O4/c1-4-14(2)23-19(20)16-10-11-17(18(12-16)21-3)22-13-15-8-6-5-7-9-15/h5-12,14H,4,13H2,1-3H3. The zero-order valence-corrected chi connectivity index (χ0v) is 13.7. The van der Waals surface area contributed by atoms with Crippen molar-refractivity contribution < 1.29 is 19.0 Å². The molecule has 23 heavy (non-hydrogen) atoms. The molecule has 0 saturated heterocycles. The fraction of sp³-hybridized carbons (Fsp3) is 0.316. The van der Waals surface area contributed by atoms with E-state index in [4.69, 9.17) is 14.2 Å². The predicted octanol–water partition coefficient (Wildman–Crippen LogP) is 4.23. The number of hydrogen-bond donors (Lipinski definition) is 0. The highest BCUT2D eigenvalue weighted by Crippen LogP contribution is 2.29.